The van der Waals surface area contributed by atoms with Crippen molar-refractivity contribution in [3.63, 3.8) is 0 Å². The lowest BCUT2D eigenvalue weighted by Crippen LogP contribution is -2.80. The second kappa shape index (κ2) is 9.66. The van der Waals surface area contributed by atoms with E-state index in [4.69, 9.17) is 21.1 Å². The molecule has 0 radical (unpaired) electrons. The second-order valence-corrected chi connectivity index (χ2v) is 7.60. The Morgan fingerprint density at radius 1 is 0.800 bits per heavy atom. The monoisotopic (exact) mass is 418 g/mol. The van der Waals surface area contributed by atoms with Gasteiger partial charge in [-0.05, 0) is 47.2 Å². The van der Waals surface area contributed by atoms with Crippen LogP contribution in [-0.2, 0) is 19.7 Å². The topological polar surface area (TPSA) is 35.1 Å². The molecule has 0 spiro atoms. The zero-order chi connectivity index (χ0) is 20.8. The Hall–Kier alpha value is -3.01. The highest BCUT2D eigenvalue weighted by Crippen LogP contribution is 2.29. The molecule has 2 N–H and O–H groups in total. The van der Waals surface area contributed by atoms with Gasteiger partial charge in [-0.15, -0.1) is 0 Å². The van der Waals surface area contributed by atoms with Crippen LogP contribution in [0, 0.1) is 0 Å². The van der Waals surface area contributed by atoms with Crippen molar-refractivity contribution in [3.05, 3.63) is 107 Å². The van der Waals surface area contributed by atoms with Crippen molar-refractivity contribution in [2.75, 3.05) is 7.11 Å². The lowest BCUT2D eigenvalue weighted by Gasteiger charge is -2.14. The molecule has 4 aromatic rings. The first-order valence-electron chi connectivity index (χ1n) is 10.1. The summed E-state index contributed by atoms with van der Waals surface area (Å²) in [5.74, 6) is 1.78. The van der Waals surface area contributed by atoms with E-state index in [9.17, 15) is 0 Å². The number of hydrogen-bond donors (Lipinski definition) is 1. The molecule has 30 heavy (non-hydrogen) atoms. The fourth-order valence-electron chi connectivity index (χ4n) is 3.58. The van der Waals surface area contributed by atoms with Crippen LogP contribution in [0.3, 0.4) is 0 Å². The fraction of sp³-hybridized carbons (Fsp3) is 0.154. The first-order valence-corrected chi connectivity index (χ1v) is 10.4. The van der Waals surface area contributed by atoms with Gasteiger partial charge in [-0.1, -0.05) is 60.1 Å². The van der Waals surface area contributed by atoms with Gasteiger partial charge in [0.25, 0.3) is 0 Å². The third-order valence-electron chi connectivity index (χ3n) is 5.23. The molecular formula is C26H25ClNO2+. The Morgan fingerprint density at radius 3 is 2.37 bits per heavy atom. The molecule has 0 atom stereocenters. The molecule has 0 saturated carbocycles. The Labute approximate surface area is 182 Å². The maximum atomic E-state index is 6.30. The minimum Gasteiger partial charge on any atom is -0.497 e. The highest BCUT2D eigenvalue weighted by Gasteiger charge is 2.12. The minimum absolute atomic E-state index is 0.448. The number of hydrogen-bond acceptors (Lipinski definition) is 2. The highest BCUT2D eigenvalue weighted by molar-refractivity contribution is 6.31. The number of ether oxygens (including phenoxy) is 2. The number of fused-ring (bicyclic) bond motifs is 1. The van der Waals surface area contributed by atoms with Gasteiger partial charge in [-0.2, -0.15) is 0 Å². The molecule has 0 amide bonds. The molecule has 4 heteroatoms. The number of quaternary nitrogens is 1. The molecular weight excluding hydrogens is 394 g/mol. The summed E-state index contributed by atoms with van der Waals surface area (Å²) < 4.78 is 11.5. The normalized spacial score (nSPS) is 10.9. The van der Waals surface area contributed by atoms with Crippen LogP contribution in [0.25, 0.3) is 10.8 Å². The van der Waals surface area contributed by atoms with E-state index in [0.717, 1.165) is 35.2 Å². The summed E-state index contributed by atoms with van der Waals surface area (Å²) >= 11 is 6.30. The summed E-state index contributed by atoms with van der Waals surface area (Å²) in [5.41, 5.74) is 3.45. The predicted octanol–water partition coefficient (Wildman–Crippen LogP) is 5.34. The molecule has 152 valence electrons. The molecule has 4 aromatic carbocycles. The Morgan fingerprint density at radius 2 is 1.57 bits per heavy atom. The van der Waals surface area contributed by atoms with Crippen LogP contribution >= 0.6 is 11.6 Å². The van der Waals surface area contributed by atoms with Crippen LogP contribution in [0.15, 0.2) is 84.9 Å². The minimum atomic E-state index is 0.448. The summed E-state index contributed by atoms with van der Waals surface area (Å²) in [6.07, 6.45) is 0. The average molecular weight is 419 g/mol. The summed E-state index contributed by atoms with van der Waals surface area (Å²) in [5, 5.41) is 5.47. The molecule has 0 unspecified atom stereocenters. The number of benzene rings is 4. The number of methoxy groups -OCH3 is 1. The Kier molecular flexibility index (Phi) is 6.53. The third kappa shape index (κ3) is 4.76. The second-order valence-electron chi connectivity index (χ2n) is 7.19. The average Bonchev–Trinajstić information content (AvgIpc) is 2.79. The van der Waals surface area contributed by atoms with E-state index >= 15 is 0 Å². The zero-order valence-electron chi connectivity index (χ0n) is 17.0. The van der Waals surface area contributed by atoms with E-state index in [-0.39, 0.29) is 0 Å². The first kappa shape index (κ1) is 20.3. The van der Waals surface area contributed by atoms with E-state index in [0.29, 0.717) is 6.61 Å². The molecule has 0 aliphatic carbocycles. The first-order chi connectivity index (χ1) is 14.7. The largest absolute Gasteiger partial charge is 0.497 e. The van der Waals surface area contributed by atoms with Gasteiger partial charge in [0.2, 0.25) is 0 Å². The van der Waals surface area contributed by atoms with Crippen molar-refractivity contribution >= 4 is 22.4 Å². The quantitative estimate of drug-likeness (QED) is 0.419. The van der Waals surface area contributed by atoms with E-state index in [1.807, 2.05) is 36.4 Å². The van der Waals surface area contributed by atoms with Gasteiger partial charge in [0.1, 0.15) is 31.2 Å². The lowest BCUT2D eigenvalue weighted by molar-refractivity contribution is -0.686. The third-order valence-corrected chi connectivity index (χ3v) is 5.59. The van der Waals surface area contributed by atoms with Crippen molar-refractivity contribution in [1.82, 2.24) is 0 Å². The van der Waals surface area contributed by atoms with Crippen molar-refractivity contribution in [1.29, 1.82) is 0 Å². The van der Waals surface area contributed by atoms with Gasteiger partial charge in [0, 0.05) is 16.1 Å². The van der Waals surface area contributed by atoms with Crippen LogP contribution in [0.5, 0.6) is 11.5 Å². The molecule has 0 fully saturated rings. The lowest BCUT2D eigenvalue weighted by atomic mass is 10.0. The van der Waals surface area contributed by atoms with Crippen LogP contribution in [-0.4, -0.2) is 7.11 Å². The van der Waals surface area contributed by atoms with Gasteiger partial charge in [0.15, 0.2) is 0 Å². The number of rotatable bonds is 8. The highest BCUT2D eigenvalue weighted by atomic mass is 35.5. The molecule has 0 aliphatic rings. The SMILES string of the molecule is COc1ccc(C[NH2+]Cc2c(OCc3ccccc3Cl)ccc3ccccc23)cc1. The van der Waals surface area contributed by atoms with Gasteiger partial charge in [0.05, 0.1) is 12.7 Å². The van der Waals surface area contributed by atoms with Crippen LogP contribution < -0.4 is 14.8 Å². The van der Waals surface area contributed by atoms with E-state index in [2.05, 4.69) is 53.8 Å². The van der Waals surface area contributed by atoms with Gasteiger partial charge in [-0.3, -0.25) is 0 Å². The smallest absolute Gasteiger partial charge is 0.129 e. The number of nitrogens with two attached hydrogens (primary N) is 1. The number of halogens is 1. The molecule has 0 bridgehead atoms. The standard InChI is InChI=1S/C26H24ClNO2/c1-29-22-13-10-19(11-14-22)16-28-17-24-23-8-4-2-6-20(23)12-15-26(24)30-18-21-7-3-5-9-25(21)27/h2-15,28H,16-18H2,1H3/p+1. The van der Waals surface area contributed by atoms with Crippen molar-refractivity contribution in [2.24, 2.45) is 0 Å². The van der Waals surface area contributed by atoms with E-state index in [1.54, 1.807) is 7.11 Å². The molecule has 0 aromatic heterocycles. The summed E-state index contributed by atoms with van der Waals surface area (Å²) in [6, 6.07) is 28.6. The molecule has 0 heterocycles. The zero-order valence-corrected chi connectivity index (χ0v) is 17.7. The fourth-order valence-corrected chi connectivity index (χ4v) is 3.77. The predicted molar refractivity (Wildman–Crippen MR) is 122 cm³/mol. The van der Waals surface area contributed by atoms with Gasteiger partial charge >= 0.3 is 0 Å². The summed E-state index contributed by atoms with van der Waals surface area (Å²) in [7, 11) is 1.69. The molecule has 0 aliphatic heterocycles. The van der Waals surface area contributed by atoms with Crippen LogP contribution in [0.1, 0.15) is 16.7 Å². The van der Waals surface area contributed by atoms with Gasteiger partial charge in [-0.25, -0.2) is 0 Å². The van der Waals surface area contributed by atoms with E-state index in [1.165, 1.54) is 21.9 Å². The van der Waals surface area contributed by atoms with E-state index < -0.39 is 0 Å². The maximum Gasteiger partial charge on any atom is 0.129 e. The van der Waals surface area contributed by atoms with Crippen molar-refractivity contribution < 1.29 is 14.8 Å². The van der Waals surface area contributed by atoms with Gasteiger partial charge < -0.3 is 14.8 Å². The van der Waals surface area contributed by atoms with Crippen molar-refractivity contribution in [2.45, 2.75) is 19.7 Å². The summed E-state index contributed by atoms with van der Waals surface area (Å²) in [4.78, 5) is 0. The Bertz CT molecular complexity index is 1130. The van der Waals surface area contributed by atoms with Crippen LogP contribution in [0.4, 0.5) is 0 Å². The van der Waals surface area contributed by atoms with Crippen LogP contribution in [0.2, 0.25) is 5.02 Å². The Balaban J connectivity index is 1.53. The molecule has 0 saturated heterocycles. The molecule has 3 nitrogen and oxygen atoms in total. The van der Waals surface area contributed by atoms with Crippen molar-refractivity contribution in [3.8, 4) is 11.5 Å². The molecule has 4 rings (SSSR count). The maximum absolute atomic E-state index is 6.30. The summed E-state index contributed by atoms with van der Waals surface area (Å²) in [6.45, 7) is 2.16.